The lowest BCUT2D eigenvalue weighted by atomic mass is 10.2. The van der Waals surface area contributed by atoms with Gasteiger partial charge in [0, 0.05) is 0 Å². The molecule has 0 bridgehead atoms. The van der Waals surface area contributed by atoms with Crippen molar-refractivity contribution in [2.45, 2.75) is 18.6 Å². The minimum Gasteiger partial charge on any atom is -0.266 e. The summed E-state index contributed by atoms with van der Waals surface area (Å²) >= 11 is -3.98. The highest BCUT2D eigenvalue weighted by Crippen LogP contribution is 2.26. The van der Waals surface area contributed by atoms with Gasteiger partial charge in [-0.1, -0.05) is 0 Å². The SMILES string of the molecule is O=S1OCC(C2OS(=O)OC2F)O1. The van der Waals surface area contributed by atoms with E-state index in [-0.39, 0.29) is 6.61 Å². The summed E-state index contributed by atoms with van der Waals surface area (Å²) in [4.78, 5) is 0. The topological polar surface area (TPSA) is 71.1 Å². The Labute approximate surface area is 78.0 Å². The number of rotatable bonds is 1. The van der Waals surface area contributed by atoms with Crippen LogP contribution in [-0.2, 0) is 39.5 Å². The molecule has 0 N–H and O–H groups in total. The van der Waals surface area contributed by atoms with Crippen LogP contribution in [0.4, 0.5) is 4.39 Å². The average Bonchev–Trinajstić information content (AvgIpc) is 2.58. The molecule has 0 aromatic carbocycles. The van der Waals surface area contributed by atoms with E-state index in [1.807, 2.05) is 0 Å². The molecular formula is C4H5FO6S2. The average molecular weight is 232 g/mol. The summed E-state index contributed by atoms with van der Waals surface area (Å²) in [5, 5.41) is 0. The zero-order chi connectivity index (χ0) is 9.42. The molecule has 0 spiro atoms. The van der Waals surface area contributed by atoms with Crippen LogP contribution in [0.1, 0.15) is 0 Å². The maximum absolute atomic E-state index is 12.8. The second kappa shape index (κ2) is 3.67. The van der Waals surface area contributed by atoms with E-state index in [1.54, 1.807) is 0 Å². The van der Waals surface area contributed by atoms with Gasteiger partial charge in [0.2, 0.25) is 6.36 Å². The summed E-state index contributed by atoms with van der Waals surface area (Å²) < 4.78 is 51.8. The minimum atomic E-state index is -2.10. The third-order valence-electron chi connectivity index (χ3n) is 1.52. The van der Waals surface area contributed by atoms with E-state index < -0.39 is 41.3 Å². The fourth-order valence-corrected chi connectivity index (χ4v) is 2.31. The lowest BCUT2D eigenvalue weighted by Crippen LogP contribution is -2.34. The Morgan fingerprint density at radius 1 is 1.15 bits per heavy atom. The number of halogens is 1. The lowest BCUT2D eigenvalue weighted by Gasteiger charge is -2.11. The Balaban J connectivity index is 2.01. The van der Waals surface area contributed by atoms with Crippen LogP contribution >= 0.6 is 0 Å². The van der Waals surface area contributed by atoms with Crippen LogP contribution in [0, 0.1) is 0 Å². The lowest BCUT2D eigenvalue weighted by molar-refractivity contribution is -0.0162. The van der Waals surface area contributed by atoms with Crippen LogP contribution < -0.4 is 0 Å². The minimum absolute atomic E-state index is 0.0712. The largest absolute Gasteiger partial charge is 0.308 e. The molecule has 0 radical (unpaired) electrons. The van der Waals surface area contributed by atoms with Crippen molar-refractivity contribution in [2.24, 2.45) is 0 Å². The zero-order valence-electron chi connectivity index (χ0n) is 6.08. The molecule has 2 fully saturated rings. The first kappa shape index (κ1) is 9.62. The molecule has 5 unspecified atom stereocenters. The van der Waals surface area contributed by atoms with Gasteiger partial charge < -0.3 is 0 Å². The second-order valence-electron chi connectivity index (χ2n) is 2.34. The van der Waals surface area contributed by atoms with Crippen molar-refractivity contribution in [1.82, 2.24) is 0 Å². The third-order valence-corrected chi connectivity index (χ3v) is 2.97. The monoisotopic (exact) mass is 232 g/mol. The van der Waals surface area contributed by atoms with Gasteiger partial charge in [-0.25, -0.2) is 8.57 Å². The molecule has 0 aromatic rings. The van der Waals surface area contributed by atoms with E-state index in [1.165, 1.54) is 0 Å². The van der Waals surface area contributed by atoms with Crippen LogP contribution in [-0.4, -0.2) is 33.6 Å². The fraction of sp³-hybridized carbons (Fsp3) is 1.00. The Kier molecular flexibility index (Phi) is 2.72. The summed E-state index contributed by atoms with van der Waals surface area (Å²) in [6.45, 7) is -0.0712. The molecule has 0 aliphatic carbocycles. The molecule has 0 saturated carbocycles. The maximum Gasteiger partial charge on any atom is 0.308 e. The second-order valence-corrected chi connectivity index (χ2v) is 3.97. The van der Waals surface area contributed by atoms with Crippen molar-refractivity contribution >= 4 is 22.7 Å². The Morgan fingerprint density at radius 2 is 1.92 bits per heavy atom. The molecule has 2 aliphatic rings. The van der Waals surface area contributed by atoms with Gasteiger partial charge in [0.05, 0.1) is 6.61 Å². The molecule has 2 heterocycles. The standard InChI is InChI=1S/C4H5FO6S2/c5-4-3(10-13(7)11-4)2-1-8-12(6)9-2/h2-4H,1H2. The first-order valence-electron chi connectivity index (χ1n) is 3.29. The maximum atomic E-state index is 12.8. The molecule has 9 heteroatoms. The van der Waals surface area contributed by atoms with Gasteiger partial charge in [-0.15, -0.1) is 0 Å². The summed E-state index contributed by atoms with van der Waals surface area (Å²) in [5.74, 6) is 0. The molecule has 13 heavy (non-hydrogen) atoms. The van der Waals surface area contributed by atoms with Gasteiger partial charge in [0.15, 0.2) is 6.10 Å². The third kappa shape index (κ3) is 1.95. The molecule has 6 nitrogen and oxygen atoms in total. The smallest absolute Gasteiger partial charge is 0.266 e. The highest BCUT2D eigenvalue weighted by Gasteiger charge is 2.45. The Morgan fingerprint density at radius 3 is 2.38 bits per heavy atom. The number of hydrogen-bond acceptors (Lipinski definition) is 6. The van der Waals surface area contributed by atoms with Crippen LogP contribution in [0.15, 0.2) is 0 Å². The van der Waals surface area contributed by atoms with Crippen molar-refractivity contribution in [2.75, 3.05) is 6.61 Å². The molecule has 5 atom stereocenters. The summed E-state index contributed by atoms with van der Waals surface area (Å²) in [6, 6.07) is 0. The molecule has 0 aromatic heterocycles. The quantitative estimate of drug-likeness (QED) is 0.593. The highest BCUT2D eigenvalue weighted by molar-refractivity contribution is 7.75. The number of hydrogen-bond donors (Lipinski definition) is 0. The Bertz CT molecular complexity index is 259. The van der Waals surface area contributed by atoms with Crippen LogP contribution in [0.5, 0.6) is 0 Å². The van der Waals surface area contributed by atoms with Gasteiger partial charge in [0.25, 0.3) is 0 Å². The molecule has 2 saturated heterocycles. The van der Waals surface area contributed by atoms with Gasteiger partial charge >= 0.3 is 22.7 Å². The predicted octanol–water partition coefficient (Wildman–Crippen LogP) is -0.730. The van der Waals surface area contributed by atoms with Crippen molar-refractivity contribution in [3.63, 3.8) is 0 Å². The van der Waals surface area contributed by atoms with Gasteiger partial charge in [-0.3, -0.25) is 12.5 Å². The van der Waals surface area contributed by atoms with Crippen molar-refractivity contribution in [3.05, 3.63) is 0 Å². The highest BCUT2D eigenvalue weighted by atomic mass is 32.2. The number of alkyl halides is 1. The van der Waals surface area contributed by atoms with Crippen LogP contribution in [0.2, 0.25) is 0 Å². The van der Waals surface area contributed by atoms with Gasteiger partial charge in [-0.2, -0.15) is 8.42 Å². The van der Waals surface area contributed by atoms with E-state index in [4.69, 9.17) is 0 Å². The van der Waals surface area contributed by atoms with Crippen LogP contribution in [0.25, 0.3) is 0 Å². The van der Waals surface area contributed by atoms with E-state index in [9.17, 15) is 12.8 Å². The molecule has 2 rings (SSSR count). The zero-order valence-corrected chi connectivity index (χ0v) is 7.72. The first-order chi connectivity index (χ1) is 6.16. The van der Waals surface area contributed by atoms with E-state index in [0.29, 0.717) is 0 Å². The summed E-state index contributed by atoms with van der Waals surface area (Å²) in [6.07, 6.45) is -3.83. The molecular weight excluding hydrogens is 227 g/mol. The van der Waals surface area contributed by atoms with E-state index in [0.717, 1.165) is 0 Å². The molecule has 2 aliphatic heterocycles. The van der Waals surface area contributed by atoms with Crippen LogP contribution in [0.3, 0.4) is 0 Å². The first-order valence-corrected chi connectivity index (χ1v) is 5.29. The predicted molar refractivity (Wildman–Crippen MR) is 38.0 cm³/mol. The van der Waals surface area contributed by atoms with Crippen molar-refractivity contribution in [3.8, 4) is 0 Å². The fourth-order valence-electron chi connectivity index (χ4n) is 0.946. The Hall–Kier alpha value is 0.0700. The van der Waals surface area contributed by atoms with Crippen molar-refractivity contribution in [1.29, 1.82) is 0 Å². The van der Waals surface area contributed by atoms with Crippen molar-refractivity contribution < 1.29 is 29.5 Å². The van der Waals surface area contributed by atoms with E-state index >= 15 is 0 Å². The van der Waals surface area contributed by atoms with Gasteiger partial charge in [-0.05, 0) is 0 Å². The molecule has 76 valence electrons. The summed E-state index contributed by atoms with van der Waals surface area (Å²) in [7, 11) is 0. The normalized spacial score (nSPS) is 51.3. The summed E-state index contributed by atoms with van der Waals surface area (Å²) in [5.41, 5.74) is 0. The van der Waals surface area contributed by atoms with Gasteiger partial charge in [0.1, 0.15) is 6.10 Å². The molecule has 0 amide bonds. The van der Waals surface area contributed by atoms with E-state index in [2.05, 4.69) is 16.7 Å².